The summed E-state index contributed by atoms with van der Waals surface area (Å²) in [6.07, 6.45) is 1.43. The van der Waals surface area contributed by atoms with Crippen molar-refractivity contribution in [2.75, 3.05) is 19.6 Å². The van der Waals surface area contributed by atoms with Crippen molar-refractivity contribution in [2.24, 2.45) is 11.7 Å². The zero-order chi connectivity index (χ0) is 23.1. The zero-order valence-corrected chi connectivity index (χ0v) is 18.5. The van der Waals surface area contributed by atoms with E-state index >= 15 is 0 Å². The van der Waals surface area contributed by atoms with Gasteiger partial charge in [-0.15, -0.1) is 5.10 Å². The van der Waals surface area contributed by atoms with E-state index in [1.54, 1.807) is 4.90 Å². The Balaban J connectivity index is 1.21. The Bertz CT molecular complexity index is 1080. The molecule has 5 atom stereocenters. The number of likely N-dealkylation sites (tertiary alicyclic amines) is 3. The van der Waals surface area contributed by atoms with Gasteiger partial charge in [0.2, 0.25) is 11.8 Å². The molecule has 2 bridgehead atoms. The summed E-state index contributed by atoms with van der Waals surface area (Å²) < 4.78 is 0. The minimum Gasteiger partial charge on any atom is -0.333 e. The Morgan fingerprint density at radius 1 is 1.36 bits per heavy atom. The number of carbonyl (C=O) groups excluding carboxylic acids is 2. The number of aromatic nitrogens is 4. The van der Waals surface area contributed by atoms with Gasteiger partial charge in [-0.25, -0.2) is 5.10 Å². The molecular weight excluding hydrogens is 422 g/mol. The summed E-state index contributed by atoms with van der Waals surface area (Å²) in [5.74, 6) is 0.753. The molecular formula is C22H27N9O2. The molecule has 2 amide bonds. The number of nitriles is 1. The van der Waals surface area contributed by atoms with Gasteiger partial charge in [0.1, 0.15) is 6.04 Å². The van der Waals surface area contributed by atoms with E-state index in [1.807, 2.05) is 41.0 Å². The van der Waals surface area contributed by atoms with Crippen molar-refractivity contribution in [1.29, 1.82) is 5.26 Å². The first-order valence-corrected chi connectivity index (χ1v) is 11.3. The molecule has 4 heterocycles. The molecule has 33 heavy (non-hydrogen) atoms. The molecule has 3 fully saturated rings. The molecule has 3 aliphatic rings. The van der Waals surface area contributed by atoms with Crippen LogP contribution in [0.4, 0.5) is 0 Å². The normalized spacial score (nSPS) is 27.8. The molecule has 2 aromatic rings. The van der Waals surface area contributed by atoms with Gasteiger partial charge in [0.15, 0.2) is 5.82 Å². The second-order valence-electron chi connectivity index (χ2n) is 9.36. The Morgan fingerprint density at radius 2 is 2.21 bits per heavy atom. The van der Waals surface area contributed by atoms with E-state index in [-0.39, 0.29) is 23.9 Å². The summed E-state index contributed by atoms with van der Waals surface area (Å²) >= 11 is 0. The minimum absolute atomic E-state index is 0.0716. The van der Waals surface area contributed by atoms with Gasteiger partial charge in [0.25, 0.3) is 0 Å². The fourth-order valence-corrected chi connectivity index (χ4v) is 5.39. The first-order chi connectivity index (χ1) is 15.9. The van der Waals surface area contributed by atoms with Crippen LogP contribution in [-0.2, 0) is 16.1 Å². The van der Waals surface area contributed by atoms with Crippen LogP contribution >= 0.6 is 0 Å². The number of tetrazole rings is 1. The molecule has 172 valence electrons. The topological polar surface area (TPSA) is 148 Å². The van der Waals surface area contributed by atoms with Crippen LogP contribution in [0.15, 0.2) is 24.3 Å². The van der Waals surface area contributed by atoms with Gasteiger partial charge in [0, 0.05) is 37.8 Å². The molecule has 0 aliphatic carbocycles. The van der Waals surface area contributed by atoms with Gasteiger partial charge in [-0.3, -0.25) is 14.5 Å². The molecule has 1 aromatic carbocycles. The third-order valence-corrected chi connectivity index (χ3v) is 6.98. The monoisotopic (exact) mass is 449 g/mol. The number of nitrogens with two attached hydrogens (primary N) is 1. The number of amides is 2. The maximum absolute atomic E-state index is 13.1. The highest BCUT2D eigenvalue weighted by atomic mass is 16.2. The van der Waals surface area contributed by atoms with E-state index in [2.05, 4.69) is 26.7 Å². The van der Waals surface area contributed by atoms with Crippen LogP contribution in [0.3, 0.4) is 0 Å². The molecule has 3 N–H and O–H groups in total. The molecule has 3 aliphatic heterocycles. The number of rotatable bonds is 6. The Hall–Kier alpha value is -3.36. The highest BCUT2D eigenvalue weighted by molar-refractivity contribution is 5.86. The standard InChI is InChI=1S/C22H27N9O2/c1-13-5-16(8-23)30(9-13)21(32)18(24)12-29-11-17-7-19(29)22(33)31(17)10-14-3-2-4-15(6-14)20-25-27-28-26-20/h2-4,6,13,16-19H,5,7,9-12,24H2,1H3,(H,25,26,27,28)/t13?,16?,17-,18?,19?/m0/s1. The molecule has 3 saturated heterocycles. The SMILES string of the molecule is CC1CC(C#N)N(C(=O)C(N)CN2C[C@@H]3CC2C(=O)N3Cc2cccc(-c3nnn[nH]3)c2)C1. The van der Waals surface area contributed by atoms with Crippen LogP contribution in [0.25, 0.3) is 11.4 Å². The number of aromatic amines is 1. The largest absolute Gasteiger partial charge is 0.333 e. The molecule has 11 heteroatoms. The predicted molar refractivity (Wildman–Crippen MR) is 117 cm³/mol. The molecule has 4 unspecified atom stereocenters. The van der Waals surface area contributed by atoms with E-state index in [0.29, 0.717) is 44.3 Å². The van der Waals surface area contributed by atoms with E-state index in [1.165, 1.54) is 0 Å². The average molecular weight is 450 g/mol. The van der Waals surface area contributed by atoms with Gasteiger partial charge in [-0.2, -0.15) is 5.26 Å². The molecule has 0 radical (unpaired) electrons. The second kappa shape index (κ2) is 8.53. The van der Waals surface area contributed by atoms with E-state index in [9.17, 15) is 14.9 Å². The number of hydrogen-bond acceptors (Lipinski definition) is 8. The molecule has 0 spiro atoms. The van der Waals surface area contributed by atoms with Crippen LogP contribution in [0.2, 0.25) is 0 Å². The average Bonchev–Trinajstić information content (AvgIpc) is 3.59. The van der Waals surface area contributed by atoms with Gasteiger partial charge in [0.05, 0.1) is 18.2 Å². The molecule has 1 aromatic heterocycles. The van der Waals surface area contributed by atoms with Crippen molar-refractivity contribution in [3.05, 3.63) is 29.8 Å². The molecule has 5 rings (SSSR count). The Labute approximate surface area is 191 Å². The lowest BCUT2D eigenvalue weighted by molar-refractivity contribution is -0.139. The lowest BCUT2D eigenvalue weighted by Gasteiger charge is -2.35. The number of piperazine rings is 1. The highest BCUT2D eigenvalue weighted by Gasteiger charge is 2.50. The first kappa shape index (κ1) is 21.5. The van der Waals surface area contributed by atoms with E-state index in [4.69, 9.17) is 5.73 Å². The maximum atomic E-state index is 13.1. The first-order valence-electron chi connectivity index (χ1n) is 11.3. The molecule has 0 saturated carbocycles. The predicted octanol–water partition coefficient (Wildman–Crippen LogP) is -0.260. The number of benzene rings is 1. The van der Waals surface area contributed by atoms with Crippen LogP contribution in [0, 0.1) is 17.2 Å². The third kappa shape index (κ3) is 3.96. The number of hydrogen-bond donors (Lipinski definition) is 2. The maximum Gasteiger partial charge on any atom is 0.241 e. The number of carbonyl (C=O) groups is 2. The lowest BCUT2D eigenvalue weighted by Crippen LogP contribution is -2.56. The summed E-state index contributed by atoms with van der Waals surface area (Å²) in [7, 11) is 0. The van der Waals surface area contributed by atoms with Crippen molar-refractivity contribution < 1.29 is 9.59 Å². The third-order valence-electron chi connectivity index (χ3n) is 6.98. The van der Waals surface area contributed by atoms with E-state index in [0.717, 1.165) is 17.5 Å². The quantitative estimate of drug-likeness (QED) is 0.613. The summed E-state index contributed by atoms with van der Waals surface area (Å²) in [5, 5.41) is 23.3. The molecule has 11 nitrogen and oxygen atoms in total. The number of fused-ring (bicyclic) bond motifs is 2. The lowest BCUT2D eigenvalue weighted by atomic mass is 10.1. The number of nitrogens with one attached hydrogen (secondary N) is 1. The van der Waals surface area contributed by atoms with Crippen molar-refractivity contribution >= 4 is 11.8 Å². The van der Waals surface area contributed by atoms with Crippen molar-refractivity contribution in [3.8, 4) is 17.5 Å². The van der Waals surface area contributed by atoms with Gasteiger partial charge in [-0.05, 0) is 40.8 Å². The van der Waals surface area contributed by atoms with Crippen molar-refractivity contribution in [1.82, 2.24) is 35.3 Å². The van der Waals surface area contributed by atoms with Gasteiger partial charge < -0.3 is 15.5 Å². The van der Waals surface area contributed by atoms with Crippen LogP contribution in [-0.4, -0.2) is 90.9 Å². The minimum atomic E-state index is -0.737. The Kier molecular flexibility index (Phi) is 5.55. The van der Waals surface area contributed by atoms with Crippen molar-refractivity contribution in [2.45, 2.75) is 50.5 Å². The summed E-state index contributed by atoms with van der Waals surface area (Å²) in [6.45, 7) is 4.14. The second-order valence-corrected chi connectivity index (χ2v) is 9.36. The van der Waals surface area contributed by atoms with E-state index < -0.39 is 12.1 Å². The smallest absolute Gasteiger partial charge is 0.241 e. The zero-order valence-electron chi connectivity index (χ0n) is 18.5. The van der Waals surface area contributed by atoms with Crippen molar-refractivity contribution in [3.63, 3.8) is 0 Å². The Morgan fingerprint density at radius 3 is 2.94 bits per heavy atom. The van der Waals surface area contributed by atoms with Crippen LogP contribution in [0.5, 0.6) is 0 Å². The summed E-state index contributed by atoms with van der Waals surface area (Å²) in [6, 6.07) is 8.73. The highest BCUT2D eigenvalue weighted by Crippen LogP contribution is 2.33. The van der Waals surface area contributed by atoms with Crippen LogP contribution in [0.1, 0.15) is 25.3 Å². The fraction of sp³-hybridized carbons (Fsp3) is 0.545. The number of H-pyrrole nitrogens is 1. The summed E-state index contributed by atoms with van der Waals surface area (Å²) in [4.78, 5) is 31.5. The number of nitrogens with zero attached hydrogens (tertiary/aromatic N) is 7. The van der Waals surface area contributed by atoms with Gasteiger partial charge >= 0.3 is 0 Å². The van der Waals surface area contributed by atoms with Gasteiger partial charge in [-0.1, -0.05) is 25.1 Å². The van der Waals surface area contributed by atoms with Crippen LogP contribution < -0.4 is 5.73 Å². The summed E-state index contributed by atoms with van der Waals surface area (Å²) in [5.41, 5.74) is 8.13. The fourth-order valence-electron chi connectivity index (χ4n) is 5.39.